The number of halogens is 2. The van der Waals surface area contributed by atoms with Gasteiger partial charge in [-0.25, -0.2) is 8.78 Å². The third-order valence-electron chi connectivity index (χ3n) is 4.39. The Morgan fingerprint density at radius 1 is 0.811 bits per heavy atom. The van der Waals surface area contributed by atoms with Gasteiger partial charge >= 0.3 is 17.1 Å². The summed E-state index contributed by atoms with van der Waals surface area (Å²) in [5, 5.41) is 34.1. The Morgan fingerprint density at radius 2 is 1.35 bits per heavy atom. The molecule has 1 radical (unpaired) electrons. The predicted octanol–water partition coefficient (Wildman–Crippen LogP) is 2.56. The maximum Gasteiger partial charge on any atom is 2.00 e. The molecular formula is C26H20CuF2N6O2. The molecule has 1 unspecified atom stereocenters. The molecule has 0 spiro atoms. The van der Waals surface area contributed by atoms with Crippen molar-refractivity contribution in [2.75, 3.05) is 0 Å². The first-order chi connectivity index (χ1) is 17.5. The Balaban J connectivity index is 0.000000253. The van der Waals surface area contributed by atoms with Gasteiger partial charge in [0, 0.05) is 30.7 Å². The molecule has 0 saturated carbocycles. The molecule has 4 aromatic rings. The molecule has 1 N–H and O–H groups in total. The number of nitrogens with zero attached hydrogens (tertiary/aromatic N) is 5. The van der Waals surface area contributed by atoms with Crippen molar-refractivity contribution in [2.45, 2.75) is 6.23 Å². The zero-order valence-electron chi connectivity index (χ0n) is 19.1. The van der Waals surface area contributed by atoms with Crippen LogP contribution in [-0.2, 0) is 17.1 Å². The summed E-state index contributed by atoms with van der Waals surface area (Å²) in [6, 6.07) is 18.1. The van der Waals surface area contributed by atoms with Gasteiger partial charge in [-0.1, -0.05) is 24.3 Å². The average molecular weight is 550 g/mol. The molecule has 0 bridgehead atoms. The van der Waals surface area contributed by atoms with Crippen LogP contribution in [0.3, 0.4) is 0 Å². The summed E-state index contributed by atoms with van der Waals surface area (Å²) < 4.78 is 25.7. The molecule has 11 heteroatoms. The fourth-order valence-corrected chi connectivity index (χ4v) is 2.67. The second-order valence-corrected chi connectivity index (χ2v) is 7.04. The molecule has 0 amide bonds. The van der Waals surface area contributed by atoms with Gasteiger partial charge in [0.1, 0.15) is 11.6 Å². The summed E-state index contributed by atoms with van der Waals surface area (Å²) in [6.45, 7) is 0. The van der Waals surface area contributed by atoms with E-state index in [9.17, 15) is 19.0 Å². The van der Waals surface area contributed by atoms with Crippen molar-refractivity contribution in [3.63, 3.8) is 0 Å². The number of hydrazone groups is 1. The summed E-state index contributed by atoms with van der Waals surface area (Å²) in [5.74, 6) is -1.17. The molecule has 0 aliphatic carbocycles. The van der Waals surface area contributed by atoms with Crippen molar-refractivity contribution in [1.82, 2.24) is 15.4 Å². The molecule has 2 heterocycles. The van der Waals surface area contributed by atoms with Crippen molar-refractivity contribution >= 4 is 18.3 Å². The van der Waals surface area contributed by atoms with E-state index in [4.69, 9.17) is 0 Å². The second-order valence-electron chi connectivity index (χ2n) is 7.04. The van der Waals surface area contributed by atoms with Gasteiger partial charge in [0.05, 0.1) is 12.4 Å². The maximum atomic E-state index is 12.9. The van der Waals surface area contributed by atoms with Gasteiger partial charge in [0.2, 0.25) is 0 Å². The summed E-state index contributed by atoms with van der Waals surface area (Å²) in [5.41, 5.74) is 4.51. The van der Waals surface area contributed by atoms with E-state index < -0.39 is 12.1 Å². The largest absolute Gasteiger partial charge is 2.00 e. The number of aromatic nitrogens is 2. The molecule has 0 fully saturated rings. The fraction of sp³-hybridized carbons (Fsp3) is 0.0385. The van der Waals surface area contributed by atoms with Gasteiger partial charge in [-0.05, 0) is 77.0 Å². The first-order valence-corrected chi connectivity index (χ1v) is 10.5. The summed E-state index contributed by atoms with van der Waals surface area (Å²) in [4.78, 5) is 7.61. The van der Waals surface area contributed by atoms with E-state index in [0.29, 0.717) is 22.3 Å². The van der Waals surface area contributed by atoms with Crippen molar-refractivity contribution in [1.29, 1.82) is 0 Å². The third-order valence-corrected chi connectivity index (χ3v) is 4.39. The van der Waals surface area contributed by atoms with E-state index in [1.165, 1.54) is 61.5 Å². The van der Waals surface area contributed by atoms with Crippen molar-refractivity contribution < 1.29 is 36.1 Å². The molecule has 0 aliphatic heterocycles. The van der Waals surface area contributed by atoms with Crippen molar-refractivity contribution in [3.8, 4) is 0 Å². The number of hydrogen-bond acceptors (Lipinski definition) is 8. The third kappa shape index (κ3) is 10.5. The molecule has 2 aromatic carbocycles. The van der Waals surface area contributed by atoms with Crippen LogP contribution in [0.5, 0.6) is 0 Å². The Kier molecular flexibility index (Phi) is 12.2. The molecule has 191 valence electrons. The minimum Gasteiger partial charge on any atom is -0.857 e. The predicted molar refractivity (Wildman–Crippen MR) is 129 cm³/mol. The van der Waals surface area contributed by atoms with E-state index in [0.717, 1.165) is 0 Å². The van der Waals surface area contributed by atoms with Crippen LogP contribution < -0.4 is 15.6 Å². The number of hydrogen-bond donors (Lipinski definition) is 1. The van der Waals surface area contributed by atoms with Crippen LogP contribution in [0.2, 0.25) is 0 Å². The SMILES string of the molecule is [Cu+2].[O-]/C(=N\N=C/c1cccc(F)c1)c1ccncc1.[O-]C(N/N=C\c1cccc(F)c1)c1ccncc1. The van der Waals surface area contributed by atoms with Crippen LogP contribution in [0.4, 0.5) is 8.78 Å². The standard InChI is InChI=1S/C13H11FN3O.C13H10FN3O.Cu/c2*14-12-3-1-2-10(8-12)9-16-17-13(18)11-4-6-15-7-5-11;/h1-9,13,17H;1-9H,(H,17,18);/q-1;;+2/p-1/b2*16-9-;. The van der Waals surface area contributed by atoms with E-state index in [-0.39, 0.29) is 28.7 Å². The maximum absolute atomic E-state index is 12.9. The van der Waals surface area contributed by atoms with Gasteiger partial charge in [-0.2, -0.15) is 15.3 Å². The summed E-state index contributed by atoms with van der Waals surface area (Å²) in [6.07, 6.45) is 7.63. The summed E-state index contributed by atoms with van der Waals surface area (Å²) >= 11 is 0. The van der Waals surface area contributed by atoms with Gasteiger partial charge in [0.25, 0.3) is 0 Å². The summed E-state index contributed by atoms with van der Waals surface area (Å²) in [7, 11) is 0. The number of rotatable bonds is 7. The Bertz CT molecular complexity index is 1320. The van der Waals surface area contributed by atoms with Gasteiger partial charge < -0.3 is 15.6 Å². The minimum absolute atomic E-state index is 0. The molecular weight excluding hydrogens is 530 g/mol. The Labute approximate surface area is 222 Å². The first-order valence-electron chi connectivity index (χ1n) is 10.5. The van der Waals surface area contributed by atoms with E-state index in [1.807, 2.05) is 0 Å². The van der Waals surface area contributed by atoms with Gasteiger partial charge in [-0.3, -0.25) is 9.97 Å². The molecule has 0 saturated heterocycles. The number of benzene rings is 2. The van der Waals surface area contributed by atoms with Crippen LogP contribution in [0.1, 0.15) is 28.5 Å². The van der Waals surface area contributed by atoms with Crippen LogP contribution in [-0.4, -0.2) is 28.3 Å². The van der Waals surface area contributed by atoms with Crippen LogP contribution in [0.25, 0.3) is 0 Å². The second kappa shape index (κ2) is 15.6. The molecule has 4 rings (SSSR count). The van der Waals surface area contributed by atoms with E-state index >= 15 is 0 Å². The topological polar surface area (TPSA) is 121 Å². The fourth-order valence-electron chi connectivity index (χ4n) is 2.67. The average Bonchev–Trinajstić information content (AvgIpc) is 2.90. The Morgan fingerprint density at radius 3 is 1.92 bits per heavy atom. The van der Waals surface area contributed by atoms with Crippen LogP contribution >= 0.6 is 0 Å². The first kappa shape index (κ1) is 28.9. The van der Waals surface area contributed by atoms with Crippen LogP contribution in [0.15, 0.2) is 113 Å². The van der Waals surface area contributed by atoms with E-state index in [2.05, 4.69) is 30.7 Å². The number of nitrogens with one attached hydrogen (secondary N) is 1. The van der Waals surface area contributed by atoms with Crippen molar-refractivity contribution in [2.24, 2.45) is 15.3 Å². The zero-order valence-corrected chi connectivity index (χ0v) is 20.0. The molecule has 37 heavy (non-hydrogen) atoms. The minimum atomic E-state index is -1.17. The Hall–Kier alpha value is -4.31. The van der Waals surface area contributed by atoms with Gasteiger partial charge in [-0.15, -0.1) is 0 Å². The molecule has 2 aromatic heterocycles. The van der Waals surface area contributed by atoms with Gasteiger partial charge in [0.15, 0.2) is 0 Å². The monoisotopic (exact) mass is 549 g/mol. The molecule has 0 aliphatic rings. The van der Waals surface area contributed by atoms with E-state index in [1.54, 1.807) is 48.5 Å². The van der Waals surface area contributed by atoms with Crippen LogP contribution in [0, 0.1) is 11.6 Å². The smallest absolute Gasteiger partial charge is 0.857 e. The molecule has 1 atom stereocenters. The number of pyridine rings is 2. The quantitative estimate of drug-likeness (QED) is 0.125. The van der Waals surface area contributed by atoms with Crippen molar-refractivity contribution in [3.05, 3.63) is 131 Å². The molecule has 8 nitrogen and oxygen atoms in total. The zero-order chi connectivity index (χ0) is 25.6. The normalized spacial score (nSPS) is 11.9.